The molecule has 0 saturated carbocycles. The summed E-state index contributed by atoms with van der Waals surface area (Å²) >= 11 is 0. The zero-order valence-corrected chi connectivity index (χ0v) is 21.1. The van der Waals surface area contributed by atoms with Crippen molar-refractivity contribution in [1.82, 2.24) is 4.90 Å². The van der Waals surface area contributed by atoms with Gasteiger partial charge in [-0.1, -0.05) is 54.6 Å². The number of hydrogen-bond acceptors (Lipinski definition) is 5. The van der Waals surface area contributed by atoms with Crippen molar-refractivity contribution >= 4 is 16.9 Å². The largest absolute Gasteiger partial charge is 0.497 e. The van der Waals surface area contributed by atoms with Crippen LogP contribution in [0.2, 0.25) is 0 Å². The lowest BCUT2D eigenvalue weighted by atomic mass is 9.98. The van der Waals surface area contributed by atoms with Gasteiger partial charge in [0.2, 0.25) is 5.76 Å². The van der Waals surface area contributed by atoms with Crippen LogP contribution < -0.4 is 14.9 Å². The Kier molecular flexibility index (Phi) is 6.32. The second kappa shape index (κ2) is 10.1. The van der Waals surface area contributed by atoms with Crippen molar-refractivity contribution < 1.29 is 23.1 Å². The first kappa shape index (κ1) is 24.4. The number of methoxy groups -OCH3 is 1. The number of fused-ring (bicyclic) bond motifs is 2. The van der Waals surface area contributed by atoms with Gasteiger partial charge in [-0.2, -0.15) is 0 Å². The fourth-order valence-electron chi connectivity index (χ4n) is 4.92. The molecule has 4 aromatic carbocycles. The van der Waals surface area contributed by atoms with Crippen LogP contribution in [0.25, 0.3) is 11.0 Å². The highest BCUT2D eigenvalue weighted by Gasteiger charge is 2.42. The SMILES string of the molecule is COc1ccc(CN2C(=O)c3oc4ccc(F)cc4c(=O)c3C2c2ccc(OCc3ccccc3)cc2)cc1. The molecule has 6 nitrogen and oxygen atoms in total. The highest BCUT2D eigenvalue weighted by atomic mass is 19.1. The minimum Gasteiger partial charge on any atom is -0.497 e. The Balaban J connectivity index is 1.39. The fourth-order valence-corrected chi connectivity index (χ4v) is 4.92. The molecular formula is C32H24FNO5. The number of hydrogen-bond donors (Lipinski definition) is 0. The third-order valence-electron chi connectivity index (χ3n) is 6.88. The number of benzene rings is 4. The van der Waals surface area contributed by atoms with Gasteiger partial charge in [0.1, 0.15) is 29.5 Å². The van der Waals surface area contributed by atoms with Crippen LogP contribution in [-0.2, 0) is 13.2 Å². The van der Waals surface area contributed by atoms with Crippen LogP contribution in [0.3, 0.4) is 0 Å². The summed E-state index contributed by atoms with van der Waals surface area (Å²) in [4.78, 5) is 28.9. The summed E-state index contributed by atoms with van der Waals surface area (Å²) in [6.07, 6.45) is 0. The fraction of sp³-hybridized carbons (Fsp3) is 0.125. The molecule has 1 unspecified atom stereocenters. The molecule has 0 bridgehead atoms. The van der Waals surface area contributed by atoms with Gasteiger partial charge in [0.05, 0.1) is 24.1 Å². The predicted molar refractivity (Wildman–Crippen MR) is 144 cm³/mol. The van der Waals surface area contributed by atoms with Crippen molar-refractivity contribution in [3.63, 3.8) is 0 Å². The minimum absolute atomic E-state index is 0.0259. The maximum absolute atomic E-state index is 14.0. The van der Waals surface area contributed by atoms with Gasteiger partial charge in [0, 0.05) is 6.54 Å². The Hall–Kier alpha value is -4.91. The molecule has 2 heterocycles. The van der Waals surface area contributed by atoms with Gasteiger partial charge in [-0.3, -0.25) is 9.59 Å². The maximum Gasteiger partial charge on any atom is 0.291 e. The van der Waals surface area contributed by atoms with Crippen molar-refractivity contribution in [2.75, 3.05) is 7.11 Å². The van der Waals surface area contributed by atoms with Crippen molar-refractivity contribution in [3.05, 3.63) is 141 Å². The van der Waals surface area contributed by atoms with Crippen LogP contribution in [0, 0.1) is 5.82 Å². The average Bonchev–Trinajstić information content (AvgIpc) is 3.24. The lowest BCUT2D eigenvalue weighted by Gasteiger charge is -2.25. The van der Waals surface area contributed by atoms with Gasteiger partial charge in [-0.15, -0.1) is 0 Å². The van der Waals surface area contributed by atoms with E-state index in [4.69, 9.17) is 13.9 Å². The molecule has 0 spiro atoms. The standard InChI is InChI=1S/C32H24FNO5/c1-37-24-12-7-20(8-13-24)18-34-29(22-9-14-25(15-10-22)38-19-21-5-3-2-4-6-21)28-30(35)26-17-23(33)11-16-27(26)39-31(28)32(34)36/h2-17,29H,18-19H2,1H3. The number of rotatable bonds is 7. The first-order valence-electron chi connectivity index (χ1n) is 12.5. The number of nitrogens with zero attached hydrogens (tertiary/aromatic N) is 1. The number of halogens is 1. The predicted octanol–water partition coefficient (Wildman–Crippen LogP) is 6.27. The van der Waals surface area contributed by atoms with E-state index in [1.165, 1.54) is 12.1 Å². The quantitative estimate of drug-likeness (QED) is 0.253. The smallest absolute Gasteiger partial charge is 0.291 e. The van der Waals surface area contributed by atoms with Crippen molar-refractivity contribution in [3.8, 4) is 11.5 Å². The highest BCUT2D eigenvalue weighted by Crippen LogP contribution is 2.39. The van der Waals surface area contributed by atoms with Crippen molar-refractivity contribution in [1.29, 1.82) is 0 Å². The van der Waals surface area contributed by atoms with Crippen LogP contribution >= 0.6 is 0 Å². The van der Waals surface area contributed by atoms with Crippen LogP contribution in [0.5, 0.6) is 11.5 Å². The number of amides is 1. The molecule has 6 rings (SSSR count). The Morgan fingerprint density at radius 2 is 1.56 bits per heavy atom. The molecule has 39 heavy (non-hydrogen) atoms. The van der Waals surface area contributed by atoms with Gasteiger partial charge in [-0.25, -0.2) is 4.39 Å². The molecule has 1 amide bonds. The van der Waals surface area contributed by atoms with Gasteiger partial charge < -0.3 is 18.8 Å². The van der Waals surface area contributed by atoms with E-state index in [0.717, 1.165) is 17.2 Å². The van der Waals surface area contributed by atoms with Gasteiger partial charge >= 0.3 is 0 Å². The van der Waals surface area contributed by atoms with E-state index in [-0.39, 0.29) is 28.8 Å². The molecule has 1 aliphatic heterocycles. The zero-order chi connectivity index (χ0) is 26.9. The van der Waals surface area contributed by atoms with E-state index in [1.54, 1.807) is 12.0 Å². The third kappa shape index (κ3) is 4.63. The van der Waals surface area contributed by atoms with Crippen LogP contribution in [-0.4, -0.2) is 17.9 Å². The average molecular weight is 522 g/mol. The Morgan fingerprint density at radius 3 is 2.28 bits per heavy atom. The molecule has 0 saturated heterocycles. The van der Waals surface area contributed by atoms with E-state index in [0.29, 0.717) is 23.7 Å². The first-order valence-corrected chi connectivity index (χ1v) is 12.5. The first-order chi connectivity index (χ1) is 19.0. The van der Waals surface area contributed by atoms with Crippen LogP contribution in [0.4, 0.5) is 4.39 Å². The van der Waals surface area contributed by atoms with E-state index in [2.05, 4.69) is 0 Å². The molecule has 1 atom stereocenters. The van der Waals surface area contributed by atoms with Crippen LogP contribution in [0.15, 0.2) is 106 Å². The summed E-state index contributed by atoms with van der Waals surface area (Å²) in [5.74, 6) is 0.371. The van der Waals surface area contributed by atoms with Crippen molar-refractivity contribution in [2.45, 2.75) is 19.2 Å². The Bertz CT molecular complexity index is 1710. The molecule has 1 aliphatic rings. The zero-order valence-electron chi connectivity index (χ0n) is 21.1. The van der Waals surface area contributed by atoms with Gasteiger partial charge in [0.15, 0.2) is 5.43 Å². The summed E-state index contributed by atoms with van der Waals surface area (Å²) in [5.41, 5.74) is 2.55. The molecule has 5 aromatic rings. The van der Waals surface area contributed by atoms with Crippen LogP contribution in [0.1, 0.15) is 38.9 Å². The molecule has 0 radical (unpaired) electrons. The second-order valence-electron chi connectivity index (χ2n) is 9.34. The van der Waals surface area contributed by atoms with Gasteiger partial charge in [-0.05, 0) is 59.2 Å². The summed E-state index contributed by atoms with van der Waals surface area (Å²) in [7, 11) is 1.59. The molecule has 0 N–H and O–H groups in total. The number of ether oxygens (including phenoxy) is 2. The molecule has 194 valence electrons. The summed E-state index contributed by atoms with van der Waals surface area (Å²) < 4.78 is 31.1. The number of carbonyl (C=O) groups is 1. The maximum atomic E-state index is 14.0. The Morgan fingerprint density at radius 1 is 0.846 bits per heavy atom. The normalized spacial score (nSPS) is 14.5. The molecule has 0 aliphatic carbocycles. The highest BCUT2D eigenvalue weighted by molar-refractivity contribution is 5.99. The summed E-state index contributed by atoms with van der Waals surface area (Å²) in [5, 5.41) is 0.0978. The van der Waals surface area contributed by atoms with E-state index in [1.807, 2.05) is 78.9 Å². The molecule has 7 heteroatoms. The van der Waals surface area contributed by atoms with E-state index >= 15 is 0 Å². The number of carbonyl (C=O) groups excluding carboxylic acids is 1. The monoisotopic (exact) mass is 521 g/mol. The molecule has 1 aromatic heterocycles. The molecule has 0 fully saturated rings. The van der Waals surface area contributed by atoms with Crippen molar-refractivity contribution in [2.24, 2.45) is 0 Å². The summed E-state index contributed by atoms with van der Waals surface area (Å²) in [6.45, 7) is 0.643. The summed E-state index contributed by atoms with van der Waals surface area (Å²) in [6, 6.07) is 27.5. The van der Waals surface area contributed by atoms with E-state index < -0.39 is 23.2 Å². The van der Waals surface area contributed by atoms with Gasteiger partial charge in [0.25, 0.3) is 5.91 Å². The lowest BCUT2D eigenvalue weighted by Crippen LogP contribution is -2.29. The third-order valence-corrected chi connectivity index (χ3v) is 6.88. The lowest BCUT2D eigenvalue weighted by molar-refractivity contribution is 0.0714. The second-order valence-corrected chi connectivity index (χ2v) is 9.34. The minimum atomic E-state index is -0.721. The Labute approximate surface area is 223 Å². The topological polar surface area (TPSA) is 69.0 Å². The molecular weight excluding hydrogens is 497 g/mol. The van der Waals surface area contributed by atoms with E-state index in [9.17, 15) is 14.0 Å².